The van der Waals surface area contributed by atoms with E-state index < -0.39 is 0 Å². The Morgan fingerprint density at radius 3 is 2.62 bits per heavy atom. The van der Waals surface area contributed by atoms with Gasteiger partial charge in [0, 0.05) is 12.6 Å². The Labute approximate surface area is 82.8 Å². The van der Waals surface area contributed by atoms with E-state index in [0.717, 1.165) is 12.6 Å². The van der Waals surface area contributed by atoms with Crippen LogP contribution in [-0.2, 0) is 0 Å². The summed E-state index contributed by atoms with van der Waals surface area (Å²) in [6.07, 6.45) is 8.50. The zero-order valence-electron chi connectivity index (χ0n) is 9.51. The normalized spacial score (nSPS) is 27.6. The first-order valence-electron chi connectivity index (χ1n) is 5.36. The summed E-state index contributed by atoms with van der Waals surface area (Å²) in [7, 11) is 2.24. The molecule has 0 radical (unpaired) electrons. The molecular weight excluding hydrogens is 158 g/mol. The van der Waals surface area contributed by atoms with E-state index in [1.807, 2.05) is 0 Å². The maximum atomic E-state index is 2.48. The van der Waals surface area contributed by atoms with Gasteiger partial charge in [-0.15, -0.1) is 0 Å². The highest BCUT2D eigenvalue weighted by Gasteiger charge is 2.32. The number of hydrogen-bond acceptors (Lipinski definition) is 1. The second-order valence-electron chi connectivity index (χ2n) is 5.07. The summed E-state index contributed by atoms with van der Waals surface area (Å²) in [6.45, 7) is 7.97. The Kier molecular flexibility index (Phi) is 3.55. The molecule has 1 fully saturated rings. The molecule has 0 heterocycles. The fourth-order valence-corrected chi connectivity index (χ4v) is 2.20. The second kappa shape index (κ2) is 4.28. The van der Waals surface area contributed by atoms with Crippen molar-refractivity contribution in [2.45, 2.75) is 46.1 Å². The van der Waals surface area contributed by atoms with Crippen molar-refractivity contribution in [2.75, 3.05) is 13.6 Å². The van der Waals surface area contributed by atoms with Crippen molar-refractivity contribution in [3.05, 3.63) is 12.2 Å². The zero-order chi connectivity index (χ0) is 9.90. The van der Waals surface area contributed by atoms with Gasteiger partial charge < -0.3 is 0 Å². The van der Waals surface area contributed by atoms with E-state index in [0.29, 0.717) is 5.41 Å². The summed E-state index contributed by atoms with van der Waals surface area (Å²) in [5, 5.41) is 0. The van der Waals surface area contributed by atoms with E-state index >= 15 is 0 Å². The molecule has 0 saturated heterocycles. The average molecular weight is 181 g/mol. The van der Waals surface area contributed by atoms with E-state index in [4.69, 9.17) is 0 Å². The Balaban J connectivity index is 2.37. The SMILES string of the molecule is C/C=C/CN(C)C1CCC(C)(C)C1. The lowest BCUT2D eigenvalue weighted by atomic mass is 9.91. The van der Waals surface area contributed by atoms with Gasteiger partial charge in [-0.2, -0.15) is 0 Å². The van der Waals surface area contributed by atoms with E-state index in [1.165, 1.54) is 19.3 Å². The fraction of sp³-hybridized carbons (Fsp3) is 0.833. The molecule has 1 atom stereocenters. The zero-order valence-corrected chi connectivity index (χ0v) is 9.51. The van der Waals surface area contributed by atoms with E-state index in [1.54, 1.807) is 0 Å². The second-order valence-corrected chi connectivity index (χ2v) is 5.07. The fourth-order valence-electron chi connectivity index (χ4n) is 2.20. The summed E-state index contributed by atoms with van der Waals surface area (Å²) in [5.74, 6) is 0. The molecule has 0 aliphatic heterocycles. The minimum absolute atomic E-state index is 0.578. The van der Waals surface area contributed by atoms with Crippen LogP contribution in [0.5, 0.6) is 0 Å². The summed E-state index contributed by atoms with van der Waals surface area (Å²) in [5.41, 5.74) is 0.578. The highest BCUT2D eigenvalue weighted by molar-refractivity contribution is 4.90. The molecule has 1 rings (SSSR count). The predicted octanol–water partition coefficient (Wildman–Crippen LogP) is 3.07. The largest absolute Gasteiger partial charge is 0.300 e. The molecule has 1 saturated carbocycles. The molecule has 0 spiro atoms. The molecule has 0 aromatic carbocycles. The van der Waals surface area contributed by atoms with Gasteiger partial charge in [0.2, 0.25) is 0 Å². The van der Waals surface area contributed by atoms with Gasteiger partial charge in [0.05, 0.1) is 0 Å². The number of likely N-dealkylation sites (N-methyl/N-ethyl adjacent to an activating group) is 1. The van der Waals surface area contributed by atoms with Crippen LogP contribution in [0.4, 0.5) is 0 Å². The highest BCUT2D eigenvalue weighted by atomic mass is 15.1. The van der Waals surface area contributed by atoms with Crippen LogP contribution in [0.25, 0.3) is 0 Å². The van der Waals surface area contributed by atoms with E-state index in [-0.39, 0.29) is 0 Å². The highest BCUT2D eigenvalue weighted by Crippen LogP contribution is 2.38. The third kappa shape index (κ3) is 3.15. The van der Waals surface area contributed by atoms with Crippen molar-refractivity contribution < 1.29 is 0 Å². The average Bonchev–Trinajstić information content (AvgIpc) is 2.42. The van der Waals surface area contributed by atoms with Crippen LogP contribution in [0.15, 0.2) is 12.2 Å². The predicted molar refractivity (Wildman–Crippen MR) is 58.9 cm³/mol. The molecule has 1 heteroatoms. The monoisotopic (exact) mass is 181 g/mol. The Morgan fingerprint density at radius 1 is 1.46 bits per heavy atom. The molecule has 1 unspecified atom stereocenters. The van der Waals surface area contributed by atoms with Crippen LogP contribution >= 0.6 is 0 Å². The van der Waals surface area contributed by atoms with Crippen molar-refractivity contribution in [1.29, 1.82) is 0 Å². The lowest BCUT2D eigenvalue weighted by Crippen LogP contribution is -2.30. The van der Waals surface area contributed by atoms with Gasteiger partial charge in [-0.1, -0.05) is 26.0 Å². The molecule has 0 N–H and O–H groups in total. The van der Waals surface area contributed by atoms with Crippen LogP contribution in [0.3, 0.4) is 0 Å². The minimum atomic E-state index is 0.578. The van der Waals surface area contributed by atoms with Crippen LogP contribution in [-0.4, -0.2) is 24.5 Å². The van der Waals surface area contributed by atoms with Gasteiger partial charge in [0.1, 0.15) is 0 Å². The first kappa shape index (κ1) is 10.8. The molecule has 0 bridgehead atoms. The van der Waals surface area contributed by atoms with Gasteiger partial charge >= 0.3 is 0 Å². The third-order valence-corrected chi connectivity index (χ3v) is 3.19. The molecule has 13 heavy (non-hydrogen) atoms. The van der Waals surface area contributed by atoms with Gasteiger partial charge in [-0.3, -0.25) is 4.90 Å². The Morgan fingerprint density at radius 2 is 2.15 bits per heavy atom. The lowest BCUT2D eigenvalue weighted by molar-refractivity contribution is 0.248. The van der Waals surface area contributed by atoms with Gasteiger partial charge in [0.15, 0.2) is 0 Å². The minimum Gasteiger partial charge on any atom is -0.300 e. The van der Waals surface area contributed by atoms with Crippen molar-refractivity contribution in [3.63, 3.8) is 0 Å². The smallest absolute Gasteiger partial charge is 0.0162 e. The summed E-state index contributed by atoms with van der Waals surface area (Å²) in [6, 6.07) is 0.811. The van der Waals surface area contributed by atoms with Crippen molar-refractivity contribution >= 4 is 0 Å². The van der Waals surface area contributed by atoms with Crippen LogP contribution < -0.4 is 0 Å². The molecular formula is C12H23N. The number of nitrogens with zero attached hydrogens (tertiary/aromatic N) is 1. The Bertz CT molecular complexity index is 182. The summed E-state index contributed by atoms with van der Waals surface area (Å²) in [4.78, 5) is 2.48. The van der Waals surface area contributed by atoms with Crippen molar-refractivity contribution in [2.24, 2.45) is 5.41 Å². The lowest BCUT2D eigenvalue weighted by Gasteiger charge is -2.24. The quantitative estimate of drug-likeness (QED) is 0.605. The summed E-state index contributed by atoms with van der Waals surface area (Å²) >= 11 is 0. The van der Waals surface area contributed by atoms with Gasteiger partial charge in [-0.05, 0) is 38.6 Å². The molecule has 1 aliphatic rings. The topological polar surface area (TPSA) is 3.24 Å². The third-order valence-electron chi connectivity index (χ3n) is 3.19. The molecule has 76 valence electrons. The number of rotatable bonds is 3. The summed E-state index contributed by atoms with van der Waals surface area (Å²) < 4.78 is 0. The van der Waals surface area contributed by atoms with E-state index in [9.17, 15) is 0 Å². The maximum Gasteiger partial charge on any atom is 0.0162 e. The number of hydrogen-bond donors (Lipinski definition) is 0. The maximum absolute atomic E-state index is 2.48. The van der Waals surface area contributed by atoms with Crippen molar-refractivity contribution in [3.8, 4) is 0 Å². The molecule has 0 aromatic heterocycles. The first-order valence-corrected chi connectivity index (χ1v) is 5.36. The molecule has 1 aliphatic carbocycles. The first-order chi connectivity index (χ1) is 6.05. The van der Waals surface area contributed by atoms with Gasteiger partial charge in [0.25, 0.3) is 0 Å². The van der Waals surface area contributed by atoms with Crippen molar-refractivity contribution in [1.82, 2.24) is 4.90 Å². The molecule has 0 aromatic rings. The van der Waals surface area contributed by atoms with Crippen LogP contribution in [0, 0.1) is 5.41 Å². The van der Waals surface area contributed by atoms with E-state index in [2.05, 4.69) is 44.9 Å². The van der Waals surface area contributed by atoms with Crippen LogP contribution in [0.2, 0.25) is 0 Å². The standard InChI is InChI=1S/C12H23N/c1-5-6-9-13(4)11-7-8-12(2,3)10-11/h5-6,11H,7-10H2,1-4H3/b6-5+. The van der Waals surface area contributed by atoms with Crippen LogP contribution in [0.1, 0.15) is 40.0 Å². The molecule has 1 nitrogen and oxygen atoms in total. The molecule has 0 amide bonds. The number of allylic oxidation sites excluding steroid dienone is 1. The Hall–Kier alpha value is -0.300. The van der Waals surface area contributed by atoms with Gasteiger partial charge in [-0.25, -0.2) is 0 Å².